The highest BCUT2D eigenvalue weighted by atomic mass is 32.2. The Morgan fingerprint density at radius 2 is 1.85 bits per heavy atom. The van der Waals surface area contributed by atoms with Crippen molar-refractivity contribution in [1.29, 1.82) is 0 Å². The minimum Gasteiger partial charge on any atom is -0.311 e. The van der Waals surface area contributed by atoms with Gasteiger partial charge in [0.1, 0.15) is 0 Å². The molecule has 0 spiro atoms. The van der Waals surface area contributed by atoms with Crippen LogP contribution in [0.25, 0.3) is 5.65 Å². The predicted octanol–water partition coefficient (Wildman–Crippen LogP) is 4.04. The number of carbonyl (C=O) groups is 1. The standard InChI is InChI=1S/C18H15F3N4OS/c19-18(20,21)12-8-9-15-22-23-17(25(15)11-12)27-14-7-4-10-24(16(14)26)13-5-2-1-3-6-13/h1-3,5-6,8-9,11,14H,4,7,10H2. The minimum atomic E-state index is -4.45. The first-order valence-electron chi connectivity index (χ1n) is 8.38. The summed E-state index contributed by atoms with van der Waals surface area (Å²) in [5, 5.41) is 7.76. The molecule has 1 saturated heterocycles. The van der Waals surface area contributed by atoms with E-state index in [2.05, 4.69) is 10.2 Å². The van der Waals surface area contributed by atoms with Crippen LogP contribution in [0.5, 0.6) is 0 Å². The zero-order chi connectivity index (χ0) is 19.0. The summed E-state index contributed by atoms with van der Waals surface area (Å²) in [5.74, 6) is -0.0684. The quantitative estimate of drug-likeness (QED) is 0.675. The number of carbonyl (C=O) groups excluding carboxylic acids is 1. The lowest BCUT2D eigenvalue weighted by Crippen LogP contribution is -2.43. The number of alkyl halides is 3. The van der Waals surface area contributed by atoms with Crippen molar-refractivity contribution in [2.45, 2.75) is 29.4 Å². The van der Waals surface area contributed by atoms with Crippen LogP contribution in [-0.2, 0) is 11.0 Å². The van der Waals surface area contributed by atoms with E-state index in [1.165, 1.54) is 10.5 Å². The van der Waals surface area contributed by atoms with Gasteiger partial charge in [-0.05, 0) is 37.1 Å². The molecule has 1 unspecified atom stereocenters. The van der Waals surface area contributed by atoms with Crippen LogP contribution in [0.2, 0.25) is 0 Å². The first kappa shape index (κ1) is 17.8. The molecule has 1 aliphatic heterocycles. The lowest BCUT2D eigenvalue weighted by atomic mass is 10.1. The Hall–Kier alpha value is -2.55. The van der Waals surface area contributed by atoms with E-state index in [0.717, 1.165) is 36.1 Å². The lowest BCUT2D eigenvalue weighted by Gasteiger charge is -2.31. The summed E-state index contributed by atoms with van der Waals surface area (Å²) in [6.07, 6.45) is -2.03. The number of para-hydroxylation sites is 1. The van der Waals surface area contributed by atoms with Crippen LogP contribution in [0.1, 0.15) is 18.4 Å². The molecule has 3 heterocycles. The van der Waals surface area contributed by atoms with Crippen molar-refractivity contribution in [3.8, 4) is 0 Å². The number of piperidine rings is 1. The Bertz CT molecular complexity index is 974. The number of thioether (sulfide) groups is 1. The van der Waals surface area contributed by atoms with Crippen molar-refractivity contribution < 1.29 is 18.0 Å². The SMILES string of the molecule is O=C1C(Sc2nnc3ccc(C(F)(F)F)cn23)CCCN1c1ccccc1. The van der Waals surface area contributed by atoms with Crippen LogP contribution in [0.4, 0.5) is 18.9 Å². The number of anilines is 1. The molecule has 1 amide bonds. The molecule has 140 valence electrons. The maximum atomic E-state index is 13.0. The van der Waals surface area contributed by atoms with E-state index in [1.54, 1.807) is 4.90 Å². The predicted molar refractivity (Wildman–Crippen MR) is 95.7 cm³/mol. The number of pyridine rings is 1. The van der Waals surface area contributed by atoms with Gasteiger partial charge in [0, 0.05) is 18.4 Å². The van der Waals surface area contributed by atoms with Gasteiger partial charge in [0.2, 0.25) is 5.91 Å². The highest BCUT2D eigenvalue weighted by Crippen LogP contribution is 2.33. The average Bonchev–Trinajstić information content (AvgIpc) is 3.06. The van der Waals surface area contributed by atoms with Crippen LogP contribution >= 0.6 is 11.8 Å². The Morgan fingerprint density at radius 1 is 1.07 bits per heavy atom. The highest BCUT2D eigenvalue weighted by molar-refractivity contribution is 8.00. The van der Waals surface area contributed by atoms with E-state index in [1.807, 2.05) is 30.3 Å². The fourth-order valence-corrected chi connectivity index (χ4v) is 4.18. The topological polar surface area (TPSA) is 50.5 Å². The Kier molecular flexibility index (Phi) is 4.55. The van der Waals surface area contributed by atoms with Gasteiger partial charge >= 0.3 is 6.18 Å². The van der Waals surface area contributed by atoms with Crippen molar-refractivity contribution in [3.63, 3.8) is 0 Å². The van der Waals surface area contributed by atoms with Crippen molar-refractivity contribution in [1.82, 2.24) is 14.6 Å². The molecule has 1 atom stereocenters. The second kappa shape index (κ2) is 6.88. The van der Waals surface area contributed by atoms with Gasteiger partial charge in [-0.15, -0.1) is 10.2 Å². The van der Waals surface area contributed by atoms with Crippen molar-refractivity contribution >= 4 is 29.0 Å². The number of rotatable bonds is 3. The minimum absolute atomic E-state index is 0.0684. The maximum absolute atomic E-state index is 13.0. The third kappa shape index (κ3) is 3.51. The second-order valence-corrected chi connectivity index (χ2v) is 7.37. The number of hydrogen-bond acceptors (Lipinski definition) is 4. The third-order valence-electron chi connectivity index (χ3n) is 4.40. The average molecular weight is 392 g/mol. The van der Waals surface area contributed by atoms with Gasteiger partial charge in [0.05, 0.1) is 10.8 Å². The molecule has 27 heavy (non-hydrogen) atoms. The van der Waals surface area contributed by atoms with Gasteiger partial charge in [-0.25, -0.2) is 0 Å². The summed E-state index contributed by atoms with van der Waals surface area (Å²) in [7, 11) is 0. The molecule has 0 saturated carbocycles. The van der Waals surface area contributed by atoms with Crippen LogP contribution < -0.4 is 4.90 Å². The summed E-state index contributed by atoms with van der Waals surface area (Å²) >= 11 is 1.16. The molecular weight excluding hydrogens is 377 g/mol. The van der Waals surface area contributed by atoms with Gasteiger partial charge in [0.25, 0.3) is 0 Å². The van der Waals surface area contributed by atoms with Crippen molar-refractivity contribution in [2.75, 3.05) is 11.4 Å². The number of nitrogens with zero attached hydrogens (tertiary/aromatic N) is 4. The molecule has 1 aliphatic rings. The molecule has 2 aromatic heterocycles. The summed E-state index contributed by atoms with van der Waals surface area (Å²) in [6, 6.07) is 11.6. The molecule has 0 N–H and O–H groups in total. The van der Waals surface area contributed by atoms with E-state index in [0.29, 0.717) is 18.6 Å². The zero-order valence-corrected chi connectivity index (χ0v) is 14.9. The van der Waals surface area contributed by atoms with E-state index in [-0.39, 0.29) is 11.1 Å². The Labute approximate surface area is 157 Å². The monoisotopic (exact) mass is 392 g/mol. The number of fused-ring (bicyclic) bond motifs is 1. The van der Waals surface area contributed by atoms with Gasteiger partial charge in [-0.2, -0.15) is 13.2 Å². The first-order valence-corrected chi connectivity index (χ1v) is 9.26. The number of halogens is 3. The fourth-order valence-electron chi connectivity index (χ4n) is 3.06. The Balaban J connectivity index is 1.61. The zero-order valence-electron chi connectivity index (χ0n) is 14.1. The molecule has 0 bridgehead atoms. The normalized spacial score (nSPS) is 18.3. The smallest absolute Gasteiger partial charge is 0.311 e. The highest BCUT2D eigenvalue weighted by Gasteiger charge is 2.33. The second-order valence-electron chi connectivity index (χ2n) is 6.20. The molecule has 9 heteroatoms. The van der Waals surface area contributed by atoms with Gasteiger partial charge in [-0.1, -0.05) is 30.0 Å². The van der Waals surface area contributed by atoms with Crippen molar-refractivity contribution in [2.24, 2.45) is 0 Å². The number of aromatic nitrogens is 3. The largest absolute Gasteiger partial charge is 0.417 e. The summed E-state index contributed by atoms with van der Waals surface area (Å²) in [5.41, 5.74) is 0.351. The summed E-state index contributed by atoms with van der Waals surface area (Å²) in [4.78, 5) is 14.6. The molecule has 3 aromatic rings. The molecule has 5 nitrogen and oxygen atoms in total. The molecule has 1 aromatic carbocycles. The number of hydrogen-bond donors (Lipinski definition) is 0. The number of amides is 1. The molecule has 0 aliphatic carbocycles. The molecule has 1 fully saturated rings. The first-order chi connectivity index (χ1) is 12.9. The van der Waals surface area contributed by atoms with Crippen LogP contribution in [0, 0.1) is 0 Å². The third-order valence-corrected chi connectivity index (χ3v) is 5.61. The lowest BCUT2D eigenvalue weighted by molar-refractivity contribution is -0.137. The fraction of sp³-hybridized carbons (Fsp3) is 0.278. The van der Waals surface area contributed by atoms with E-state index in [9.17, 15) is 18.0 Å². The maximum Gasteiger partial charge on any atom is 0.417 e. The molecular formula is C18H15F3N4OS. The van der Waals surface area contributed by atoms with Gasteiger partial charge < -0.3 is 4.90 Å². The number of benzene rings is 1. The van der Waals surface area contributed by atoms with Crippen LogP contribution in [-0.4, -0.2) is 32.3 Å². The molecule has 4 rings (SSSR count). The Morgan fingerprint density at radius 3 is 2.59 bits per heavy atom. The van der Waals surface area contributed by atoms with Crippen molar-refractivity contribution in [3.05, 3.63) is 54.2 Å². The molecule has 0 radical (unpaired) electrons. The summed E-state index contributed by atoms with van der Waals surface area (Å²) in [6.45, 7) is 0.624. The van der Waals surface area contributed by atoms with E-state index in [4.69, 9.17) is 0 Å². The van der Waals surface area contributed by atoms with Crippen LogP contribution in [0.15, 0.2) is 53.8 Å². The van der Waals surface area contributed by atoms with E-state index >= 15 is 0 Å². The van der Waals surface area contributed by atoms with Crippen LogP contribution in [0.3, 0.4) is 0 Å². The summed E-state index contributed by atoms with van der Waals surface area (Å²) < 4.78 is 40.3. The van der Waals surface area contributed by atoms with E-state index < -0.39 is 17.0 Å². The van der Waals surface area contributed by atoms with Gasteiger partial charge in [0.15, 0.2) is 10.8 Å². The van der Waals surface area contributed by atoms with Gasteiger partial charge in [-0.3, -0.25) is 9.20 Å².